The number of amides is 3. The van der Waals surface area contributed by atoms with E-state index in [1.807, 2.05) is 45.1 Å². The van der Waals surface area contributed by atoms with Crippen LogP contribution in [0.1, 0.15) is 33.6 Å². The molecular weight excluding hydrogens is 486 g/mol. The minimum absolute atomic E-state index is 0.135. The Morgan fingerprint density at radius 2 is 1.74 bits per heavy atom. The Labute approximate surface area is 223 Å². The highest BCUT2D eigenvalue weighted by molar-refractivity contribution is 6.06. The van der Waals surface area contributed by atoms with E-state index in [1.165, 1.54) is 4.90 Å². The summed E-state index contributed by atoms with van der Waals surface area (Å²) in [6.07, 6.45) is 8.76. The van der Waals surface area contributed by atoms with Crippen LogP contribution in [0.15, 0.2) is 48.6 Å². The molecule has 4 aliphatic heterocycles. The van der Waals surface area contributed by atoms with Crippen molar-refractivity contribution >= 4 is 23.4 Å². The maximum Gasteiger partial charge on any atom is 0.253 e. The van der Waals surface area contributed by atoms with E-state index in [0.29, 0.717) is 30.9 Å². The smallest absolute Gasteiger partial charge is 0.253 e. The van der Waals surface area contributed by atoms with Crippen LogP contribution >= 0.6 is 0 Å². The summed E-state index contributed by atoms with van der Waals surface area (Å²) in [5.41, 5.74) is -1.73. The number of likely N-dealkylation sites (tertiary alicyclic amines) is 1. The molecule has 204 valence electrons. The van der Waals surface area contributed by atoms with Gasteiger partial charge in [-0.1, -0.05) is 38.2 Å². The summed E-state index contributed by atoms with van der Waals surface area (Å²) in [6.45, 7) is 6.75. The van der Waals surface area contributed by atoms with Gasteiger partial charge in [0.1, 0.15) is 17.4 Å². The van der Waals surface area contributed by atoms with Crippen LogP contribution in [0.3, 0.4) is 0 Å². The summed E-state index contributed by atoms with van der Waals surface area (Å²) >= 11 is 0. The number of aliphatic hydroxyl groups is 1. The predicted molar refractivity (Wildman–Crippen MR) is 141 cm³/mol. The lowest BCUT2D eigenvalue weighted by Gasteiger charge is -2.40. The number of fused-ring (bicyclic) bond motifs is 2. The Hall–Kier alpha value is -3.17. The second-order valence-electron chi connectivity index (χ2n) is 10.7. The first-order valence-corrected chi connectivity index (χ1v) is 13.5. The third-order valence-corrected chi connectivity index (χ3v) is 8.53. The summed E-state index contributed by atoms with van der Waals surface area (Å²) < 4.78 is 12.1. The number of benzene rings is 1. The highest BCUT2D eigenvalue weighted by atomic mass is 16.5. The number of hydrogen-bond donors (Lipinski definition) is 1. The first-order chi connectivity index (χ1) is 18.3. The molecular formula is C29H37N3O6. The summed E-state index contributed by atoms with van der Waals surface area (Å²) in [6, 6.07) is 5.57. The minimum atomic E-state index is -1.34. The van der Waals surface area contributed by atoms with Gasteiger partial charge in [0.2, 0.25) is 11.8 Å². The number of nitrogens with zero attached hydrogens (tertiary/aromatic N) is 3. The molecule has 4 heterocycles. The van der Waals surface area contributed by atoms with Gasteiger partial charge in [-0.15, -0.1) is 0 Å². The van der Waals surface area contributed by atoms with Gasteiger partial charge in [0.15, 0.2) is 0 Å². The number of aliphatic hydroxyl groups excluding tert-OH is 1. The van der Waals surface area contributed by atoms with Crippen LogP contribution in [0.25, 0.3) is 0 Å². The van der Waals surface area contributed by atoms with Crippen molar-refractivity contribution < 1.29 is 29.0 Å². The van der Waals surface area contributed by atoms with Gasteiger partial charge in [0, 0.05) is 25.3 Å². The Morgan fingerprint density at radius 3 is 2.37 bits per heavy atom. The third kappa shape index (κ3) is 3.78. The van der Waals surface area contributed by atoms with Crippen molar-refractivity contribution in [3.63, 3.8) is 0 Å². The predicted octanol–water partition coefficient (Wildman–Crippen LogP) is 2.15. The first kappa shape index (κ1) is 26.4. The largest absolute Gasteiger partial charge is 0.497 e. The SMILES string of the molecule is CCCN1CC=C[C@]2(C)O[C@]34C=CCN(c5ccc(OC)cc5)C(=O)C3N([C@@H](CC)CO)C(=O)[C@@H]4[C@@H]2C1=O. The van der Waals surface area contributed by atoms with Crippen molar-refractivity contribution in [3.05, 3.63) is 48.6 Å². The molecule has 0 saturated carbocycles. The van der Waals surface area contributed by atoms with Gasteiger partial charge < -0.3 is 29.3 Å². The van der Waals surface area contributed by atoms with E-state index < -0.39 is 35.1 Å². The molecule has 1 N–H and O–H groups in total. The highest BCUT2D eigenvalue weighted by Crippen LogP contribution is 2.58. The van der Waals surface area contributed by atoms with Crippen molar-refractivity contribution in [1.29, 1.82) is 0 Å². The lowest BCUT2D eigenvalue weighted by atomic mass is 9.74. The van der Waals surface area contributed by atoms with E-state index in [2.05, 4.69) is 0 Å². The van der Waals surface area contributed by atoms with Crippen molar-refractivity contribution in [3.8, 4) is 5.75 Å². The van der Waals surface area contributed by atoms with Crippen molar-refractivity contribution in [2.24, 2.45) is 11.8 Å². The monoisotopic (exact) mass is 523 g/mol. The molecule has 9 nitrogen and oxygen atoms in total. The van der Waals surface area contributed by atoms with Crippen LogP contribution in [0.2, 0.25) is 0 Å². The molecule has 0 bridgehead atoms. The second-order valence-corrected chi connectivity index (χ2v) is 10.7. The Morgan fingerprint density at radius 1 is 1.03 bits per heavy atom. The van der Waals surface area contributed by atoms with Crippen molar-refractivity contribution in [1.82, 2.24) is 9.80 Å². The number of carbonyl (C=O) groups is 3. The molecule has 0 radical (unpaired) electrons. The molecule has 3 amide bonds. The van der Waals surface area contributed by atoms with Crippen LogP contribution in [0, 0.1) is 11.8 Å². The normalized spacial score (nSPS) is 33.1. The highest BCUT2D eigenvalue weighted by Gasteiger charge is 2.75. The summed E-state index contributed by atoms with van der Waals surface area (Å²) in [7, 11) is 1.58. The number of ether oxygens (including phenoxy) is 2. The standard InChI is InChI=1S/C29H37N3O6/c1-5-15-30-16-7-13-28(3)22(25(30)34)23-26(35)32(19(6-2)18-33)24-27(36)31(17-8-14-29(23,24)38-28)20-9-11-21(37-4)12-10-20/h7-14,19,22-24,33H,5-6,15-18H2,1-4H3/t19-,22+,23-,24?,28-,29-/m0/s1. The second kappa shape index (κ2) is 9.85. The fourth-order valence-corrected chi connectivity index (χ4v) is 6.78. The molecule has 1 spiro atoms. The molecule has 38 heavy (non-hydrogen) atoms. The zero-order chi connectivity index (χ0) is 27.2. The van der Waals surface area contributed by atoms with Gasteiger partial charge in [0.25, 0.3) is 5.91 Å². The molecule has 9 heteroatoms. The van der Waals surface area contributed by atoms with Gasteiger partial charge >= 0.3 is 0 Å². The first-order valence-electron chi connectivity index (χ1n) is 13.5. The molecule has 6 atom stereocenters. The summed E-state index contributed by atoms with van der Waals surface area (Å²) in [5, 5.41) is 10.3. The maximum absolute atomic E-state index is 14.4. The molecule has 2 saturated heterocycles. The molecule has 1 aromatic carbocycles. The zero-order valence-corrected chi connectivity index (χ0v) is 22.5. The molecule has 0 aromatic heterocycles. The molecule has 0 aliphatic carbocycles. The number of methoxy groups -OCH3 is 1. The van der Waals surface area contributed by atoms with Crippen LogP contribution in [-0.4, -0.2) is 89.3 Å². The fourth-order valence-electron chi connectivity index (χ4n) is 6.78. The zero-order valence-electron chi connectivity index (χ0n) is 22.5. The van der Waals surface area contributed by atoms with Crippen LogP contribution in [0.4, 0.5) is 5.69 Å². The number of anilines is 1. The topological polar surface area (TPSA) is 99.6 Å². The molecule has 2 fully saturated rings. The van der Waals surface area contributed by atoms with Crippen molar-refractivity contribution in [2.75, 3.05) is 38.3 Å². The lowest BCUT2D eigenvalue weighted by molar-refractivity contribution is -0.151. The average Bonchev–Trinajstić information content (AvgIpc) is 3.19. The summed E-state index contributed by atoms with van der Waals surface area (Å²) in [4.78, 5) is 47.6. The minimum Gasteiger partial charge on any atom is -0.497 e. The fraction of sp³-hybridized carbons (Fsp3) is 0.552. The Bertz CT molecular complexity index is 1160. The van der Waals surface area contributed by atoms with Gasteiger partial charge in [-0.25, -0.2) is 0 Å². The van der Waals surface area contributed by atoms with E-state index in [9.17, 15) is 19.5 Å². The molecule has 1 aromatic rings. The number of hydrogen-bond acceptors (Lipinski definition) is 6. The van der Waals surface area contributed by atoms with E-state index >= 15 is 0 Å². The van der Waals surface area contributed by atoms with Gasteiger partial charge in [-0.3, -0.25) is 14.4 Å². The Kier molecular flexibility index (Phi) is 6.86. The Balaban J connectivity index is 1.64. The molecule has 4 aliphatic rings. The number of carbonyl (C=O) groups excluding carboxylic acids is 3. The number of rotatable bonds is 7. The van der Waals surface area contributed by atoms with Crippen LogP contribution in [0.5, 0.6) is 5.75 Å². The third-order valence-electron chi connectivity index (χ3n) is 8.53. The van der Waals surface area contributed by atoms with E-state index in [-0.39, 0.29) is 30.9 Å². The maximum atomic E-state index is 14.4. The van der Waals surface area contributed by atoms with E-state index in [4.69, 9.17) is 9.47 Å². The average molecular weight is 524 g/mol. The van der Waals surface area contributed by atoms with Crippen molar-refractivity contribution in [2.45, 2.75) is 56.9 Å². The van der Waals surface area contributed by atoms with E-state index in [1.54, 1.807) is 41.2 Å². The van der Waals surface area contributed by atoms with E-state index in [0.717, 1.165) is 6.42 Å². The lowest BCUT2D eigenvalue weighted by Crippen LogP contribution is -2.58. The van der Waals surface area contributed by atoms with Crippen LogP contribution < -0.4 is 9.64 Å². The molecule has 5 rings (SSSR count). The van der Waals surface area contributed by atoms with Gasteiger partial charge in [-0.05, 0) is 44.0 Å². The summed E-state index contributed by atoms with van der Waals surface area (Å²) in [5.74, 6) is -1.76. The van der Waals surface area contributed by atoms with Gasteiger partial charge in [-0.2, -0.15) is 0 Å². The molecule has 1 unspecified atom stereocenters. The quantitative estimate of drug-likeness (QED) is 0.550. The van der Waals surface area contributed by atoms with Crippen LogP contribution in [-0.2, 0) is 19.1 Å². The van der Waals surface area contributed by atoms with Gasteiger partial charge in [0.05, 0.1) is 37.2 Å².